The van der Waals surface area contributed by atoms with Crippen LogP contribution in [0.3, 0.4) is 0 Å². The molecular weight excluding hydrogens is 274 g/mol. The van der Waals surface area contributed by atoms with Crippen molar-refractivity contribution in [1.82, 2.24) is 14.9 Å². The molecule has 0 radical (unpaired) electrons. The summed E-state index contributed by atoms with van der Waals surface area (Å²) in [6.07, 6.45) is 1.84. The Labute approximate surface area is 124 Å². The van der Waals surface area contributed by atoms with Gasteiger partial charge in [-0.05, 0) is 26.0 Å². The summed E-state index contributed by atoms with van der Waals surface area (Å²) in [5.74, 6) is 0. The summed E-state index contributed by atoms with van der Waals surface area (Å²) in [7, 11) is 1.69. The number of ether oxygens (including phenoxy) is 1. The van der Waals surface area contributed by atoms with Crippen molar-refractivity contribution in [2.24, 2.45) is 0 Å². The number of rotatable bonds is 6. The van der Waals surface area contributed by atoms with E-state index in [0.29, 0.717) is 13.2 Å². The van der Waals surface area contributed by atoms with Crippen molar-refractivity contribution in [1.29, 1.82) is 0 Å². The molecule has 1 aromatic heterocycles. The Morgan fingerprint density at radius 2 is 2.15 bits per heavy atom. The van der Waals surface area contributed by atoms with Gasteiger partial charge in [0.15, 0.2) is 0 Å². The normalized spacial score (nSPS) is 11.0. The third-order valence-electron chi connectivity index (χ3n) is 3.39. The SMILES string of the molecule is COCCNCc1c(Cl)cccc1-n1cnc(C)c1C. The van der Waals surface area contributed by atoms with Gasteiger partial charge < -0.3 is 14.6 Å². The van der Waals surface area contributed by atoms with E-state index in [1.807, 2.05) is 25.4 Å². The molecule has 20 heavy (non-hydrogen) atoms. The maximum absolute atomic E-state index is 6.35. The van der Waals surface area contributed by atoms with Gasteiger partial charge in [0.05, 0.1) is 24.3 Å². The number of imidazole rings is 1. The van der Waals surface area contributed by atoms with Gasteiger partial charge in [-0.1, -0.05) is 17.7 Å². The van der Waals surface area contributed by atoms with Gasteiger partial charge in [-0.3, -0.25) is 0 Å². The predicted molar refractivity (Wildman–Crippen MR) is 81.6 cm³/mol. The Kier molecular flexibility index (Phi) is 5.17. The van der Waals surface area contributed by atoms with Gasteiger partial charge >= 0.3 is 0 Å². The smallest absolute Gasteiger partial charge is 0.0997 e. The van der Waals surface area contributed by atoms with E-state index in [0.717, 1.165) is 34.2 Å². The number of halogens is 1. The fourth-order valence-electron chi connectivity index (χ4n) is 2.08. The summed E-state index contributed by atoms with van der Waals surface area (Å²) >= 11 is 6.35. The summed E-state index contributed by atoms with van der Waals surface area (Å²) in [5.41, 5.74) is 4.31. The van der Waals surface area contributed by atoms with Gasteiger partial charge in [0, 0.05) is 36.5 Å². The number of hydrogen-bond donors (Lipinski definition) is 1. The van der Waals surface area contributed by atoms with Crippen LogP contribution >= 0.6 is 11.6 Å². The molecule has 2 aromatic rings. The second kappa shape index (κ2) is 6.88. The fraction of sp³-hybridized carbons (Fsp3) is 0.400. The fourth-order valence-corrected chi connectivity index (χ4v) is 2.31. The molecule has 0 amide bonds. The number of nitrogens with one attached hydrogen (secondary N) is 1. The van der Waals surface area contributed by atoms with Gasteiger partial charge in [0.25, 0.3) is 0 Å². The highest BCUT2D eigenvalue weighted by Gasteiger charge is 2.11. The van der Waals surface area contributed by atoms with Crippen LogP contribution < -0.4 is 5.32 Å². The number of benzene rings is 1. The average Bonchev–Trinajstić information content (AvgIpc) is 2.76. The molecule has 108 valence electrons. The summed E-state index contributed by atoms with van der Waals surface area (Å²) in [4.78, 5) is 4.35. The number of methoxy groups -OCH3 is 1. The Bertz CT molecular complexity index is 580. The third-order valence-corrected chi connectivity index (χ3v) is 3.74. The van der Waals surface area contributed by atoms with E-state index >= 15 is 0 Å². The van der Waals surface area contributed by atoms with Crippen LogP contribution in [0.4, 0.5) is 0 Å². The molecule has 0 aliphatic rings. The standard InChI is InChI=1S/C15H20ClN3O/c1-11-12(2)19(10-18-11)15-6-4-5-14(16)13(15)9-17-7-8-20-3/h4-6,10,17H,7-9H2,1-3H3. The molecule has 1 aromatic carbocycles. The van der Waals surface area contributed by atoms with Crippen LogP contribution in [0.2, 0.25) is 5.02 Å². The minimum absolute atomic E-state index is 0.684. The van der Waals surface area contributed by atoms with Gasteiger partial charge in [0.2, 0.25) is 0 Å². The number of aromatic nitrogens is 2. The van der Waals surface area contributed by atoms with E-state index in [9.17, 15) is 0 Å². The minimum atomic E-state index is 0.684. The Morgan fingerprint density at radius 1 is 1.35 bits per heavy atom. The summed E-state index contributed by atoms with van der Waals surface area (Å²) in [6, 6.07) is 5.94. The van der Waals surface area contributed by atoms with Crippen LogP contribution in [0, 0.1) is 13.8 Å². The summed E-state index contributed by atoms with van der Waals surface area (Å²) in [6.45, 7) is 6.25. The lowest BCUT2D eigenvalue weighted by Crippen LogP contribution is -2.20. The number of nitrogens with zero attached hydrogens (tertiary/aromatic N) is 2. The molecule has 0 saturated carbocycles. The zero-order valence-corrected chi connectivity index (χ0v) is 12.9. The van der Waals surface area contributed by atoms with Gasteiger partial charge in [0.1, 0.15) is 0 Å². The molecule has 0 bridgehead atoms. The Balaban J connectivity index is 2.29. The van der Waals surface area contributed by atoms with Gasteiger partial charge in [-0.25, -0.2) is 4.98 Å². The van der Waals surface area contributed by atoms with Crippen LogP contribution in [0.25, 0.3) is 5.69 Å². The lowest BCUT2D eigenvalue weighted by Gasteiger charge is -2.14. The average molecular weight is 294 g/mol. The summed E-state index contributed by atoms with van der Waals surface area (Å²) in [5, 5.41) is 4.10. The molecule has 0 spiro atoms. The lowest BCUT2D eigenvalue weighted by molar-refractivity contribution is 0.199. The molecule has 0 aliphatic carbocycles. The van der Waals surface area contributed by atoms with E-state index in [-0.39, 0.29) is 0 Å². The second-order valence-electron chi connectivity index (χ2n) is 4.69. The first kappa shape index (κ1) is 15.0. The molecule has 0 saturated heterocycles. The molecule has 0 unspecified atom stereocenters. The molecule has 4 nitrogen and oxygen atoms in total. The van der Waals surface area contributed by atoms with Crippen molar-refractivity contribution in [3.63, 3.8) is 0 Å². The second-order valence-corrected chi connectivity index (χ2v) is 5.10. The van der Waals surface area contributed by atoms with Crippen molar-refractivity contribution in [3.8, 4) is 5.69 Å². The van der Waals surface area contributed by atoms with E-state index in [2.05, 4.69) is 27.9 Å². The topological polar surface area (TPSA) is 39.1 Å². The Morgan fingerprint density at radius 3 is 2.80 bits per heavy atom. The van der Waals surface area contributed by atoms with Crippen LogP contribution in [-0.4, -0.2) is 29.8 Å². The zero-order chi connectivity index (χ0) is 14.5. The lowest BCUT2D eigenvalue weighted by atomic mass is 10.1. The number of hydrogen-bond acceptors (Lipinski definition) is 3. The van der Waals surface area contributed by atoms with Gasteiger partial charge in [-0.15, -0.1) is 0 Å². The van der Waals surface area contributed by atoms with E-state index in [1.165, 1.54) is 0 Å². The molecule has 0 aliphatic heterocycles. The van der Waals surface area contributed by atoms with Crippen molar-refractivity contribution in [3.05, 3.63) is 46.5 Å². The van der Waals surface area contributed by atoms with Crippen LogP contribution in [0.5, 0.6) is 0 Å². The third kappa shape index (κ3) is 3.20. The van der Waals surface area contributed by atoms with Crippen LogP contribution in [0.15, 0.2) is 24.5 Å². The van der Waals surface area contributed by atoms with Crippen molar-refractivity contribution < 1.29 is 4.74 Å². The zero-order valence-electron chi connectivity index (χ0n) is 12.1. The Hall–Kier alpha value is -1.36. The largest absolute Gasteiger partial charge is 0.383 e. The molecule has 2 rings (SSSR count). The molecule has 0 atom stereocenters. The van der Waals surface area contributed by atoms with Crippen molar-refractivity contribution in [2.75, 3.05) is 20.3 Å². The van der Waals surface area contributed by atoms with Crippen molar-refractivity contribution >= 4 is 11.6 Å². The first-order chi connectivity index (χ1) is 9.65. The van der Waals surface area contributed by atoms with E-state index in [4.69, 9.17) is 16.3 Å². The predicted octanol–water partition coefficient (Wildman–Crippen LogP) is 2.88. The molecule has 1 heterocycles. The highest BCUT2D eigenvalue weighted by atomic mass is 35.5. The van der Waals surface area contributed by atoms with Crippen LogP contribution in [-0.2, 0) is 11.3 Å². The van der Waals surface area contributed by atoms with Crippen LogP contribution in [0.1, 0.15) is 17.0 Å². The molecule has 5 heteroatoms. The number of aryl methyl sites for hydroxylation is 1. The molecular formula is C15H20ClN3O. The summed E-state index contributed by atoms with van der Waals surface area (Å²) < 4.78 is 7.11. The quantitative estimate of drug-likeness (QED) is 0.833. The molecule has 1 N–H and O–H groups in total. The first-order valence-corrected chi connectivity index (χ1v) is 7.01. The van der Waals surface area contributed by atoms with E-state index < -0.39 is 0 Å². The maximum atomic E-state index is 6.35. The molecule has 0 fully saturated rings. The highest BCUT2D eigenvalue weighted by Crippen LogP contribution is 2.25. The van der Waals surface area contributed by atoms with Crippen molar-refractivity contribution in [2.45, 2.75) is 20.4 Å². The van der Waals surface area contributed by atoms with E-state index in [1.54, 1.807) is 7.11 Å². The maximum Gasteiger partial charge on any atom is 0.0997 e. The monoisotopic (exact) mass is 293 g/mol. The minimum Gasteiger partial charge on any atom is -0.383 e. The first-order valence-electron chi connectivity index (χ1n) is 6.63. The highest BCUT2D eigenvalue weighted by molar-refractivity contribution is 6.31. The van der Waals surface area contributed by atoms with Gasteiger partial charge in [-0.2, -0.15) is 0 Å².